The fourth-order valence-electron chi connectivity index (χ4n) is 2.75. The molecule has 1 aliphatic heterocycles. The topological polar surface area (TPSA) is 29.5 Å². The Morgan fingerprint density at radius 3 is 2.47 bits per heavy atom. The van der Waals surface area contributed by atoms with Gasteiger partial charge in [0, 0.05) is 13.0 Å². The first-order valence-corrected chi connectivity index (χ1v) is 6.43. The average Bonchev–Trinajstić information content (AvgIpc) is 2.62. The van der Waals surface area contributed by atoms with Gasteiger partial charge in [-0.1, -0.05) is 36.2 Å². The highest BCUT2D eigenvalue weighted by Gasteiger charge is 2.30. The molecule has 2 rings (SSSR count). The molecule has 1 N–H and O–H groups in total. The number of aliphatic hydroxyl groups is 1. The van der Waals surface area contributed by atoms with Crippen molar-refractivity contribution in [2.45, 2.75) is 45.8 Å². The van der Waals surface area contributed by atoms with Crippen molar-refractivity contribution in [1.29, 1.82) is 0 Å². The Balaban J connectivity index is 2.04. The molecule has 3 atom stereocenters. The third kappa shape index (κ3) is 3.08. The van der Waals surface area contributed by atoms with E-state index in [9.17, 15) is 5.11 Å². The van der Waals surface area contributed by atoms with Gasteiger partial charge in [-0.25, -0.2) is 0 Å². The first kappa shape index (κ1) is 12.6. The van der Waals surface area contributed by atoms with Crippen molar-refractivity contribution >= 4 is 0 Å². The number of rotatable bonds is 3. The van der Waals surface area contributed by atoms with Crippen LogP contribution in [-0.4, -0.2) is 23.9 Å². The van der Waals surface area contributed by atoms with Crippen LogP contribution in [0.15, 0.2) is 18.2 Å². The summed E-state index contributed by atoms with van der Waals surface area (Å²) in [6, 6.07) is 6.45. The Morgan fingerprint density at radius 1 is 1.29 bits per heavy atom. The summed E-state index contributed by atoms with van der Waals surface area (Å²) in [4.78, 5) is 0. The van der Waals surface area contributed by atoms with Gasteiger partial charge in [-0.2, -0.15) is 0 Å². The summed E-state index contributed by atoms with van der Waals surface area (Å²) in [6.07, 6.45) is 1.39. The van der Waals surface area contributed by atoms with Gasteiger partial charge in [0.05, 0.1) is 12.2 Å². The smallest absolute Gasteiger partial charge is 0.0863 e. The van der Waals surface area contributed by atoms with Crippen LogP contribution in [0.3, 0.4) is 0 Å². The van der Waals surface area contributed by atoms with Crippen molar-refractivity contribution in [3.05, 3.63) is 34.9 Å². The average molecular weight is 234 g/mol. The summed E-state index contributed by atoms with van der Waals surface area (Å²) in [7, 11) is 0. The van der Waals surface area contributed by atoms with Crippen molar-refractivity contribution in [2.24, 2.45) is 5.92 Å². The molecule has 1 heterocycles. The van der Waals surface area contributed by atoms with Crippen molar-refractivity contribution in [2.75, 3.05) is 6.61 Å². The molecular formula is C15H22O2. The van der Waals surface area contributed by atoms with E-state index < -0.39 is 0 Å². The summed E-state index contributed by atoms with van der Waals surface area (Å²) >= 11 is 0. The van der Waals surface area contributed by atoms with Crippen molar-refractivity contribution in [3.63, 3.8) is 0 Å². The lowest BCUT2D eigenvalue weighted by Gasteiger charge is -2.21. The third-order valence-electron chi connectivity index (χ3n) is 3.55. The molecule has 1 aliphatic rings. The van der Waals surface area contributed by atoms with E-state index in [2.05, 4.69) is 39.0 Å². The van der Waals surface area contributed by atoms with E-state index in [0.29, 0.717) is 12.3 Å². The molecule has 0 amide bonds. The van der Waals surface area contributed by atoms with Crippen LogP contribution in [0.4, 0.5) is 0 Å². The summed E-state index contributed by atoms with van der Waals surface area (Å²) in [5.74, 6) is 0.468. The third-order valence-corrected chi connectivity index (χ3v) is 3.55. The molecule has 94 valence electrons. The Hall–Kier alpha value is -0.860. The summed E-state index contributed by atoms with van der Waals surface area (Å²) in [6.45, 7) is 7.13. The van der Waals surface area contributed by atoms with Crippen molar-refractivity contribution < 1.29 is 9.84 Å². The Bertz CT molecular complexity index is 366. The number of benzene rings is 1. The van der Waals surface area contributed by atoms with Gasteiger partial charge in [-0.15, -0.1) is 0 Å². The predicted molar refractivity (Wildman–Crippen MR) is 69.1 cm³/mol. The largest absolute Gasteiger partial charge is 0.390 e. The molecule has 1 aromatic carbocycles. The molecule has 0 radical (unpaired) electrons. The molecular weight excluding hydrogens is 212 g/mol. The fourth-order valence-corrected chi connectivity index (χ4v) is 2.75. The first-order chi connectivity index (χ1) is 8.06. The zero-order valence-electron chi connectivity index (χ0n) is 10.9. The van der Waals surface area contributed by atoms with E-state index in [-0.39, 0.29) is 12.2 Å². The lowest BCUT2D eigenvalue weighted by atomic mass is 9.94. The number of hydrogen-bond donors (Lipinski definition) is 1. The highest BCUT2D eigenvalue weighted by Crippen LogP contribution is 2.25. The van der Waals surface area contributed by atoms with Gasteiger partial charge in [0.1, 0.15) is 0 Å². The van der Waals surface area contributed by atoms with Crippen LogP contribution in [0, 0.1) is 19.8 Å². The molecule has 0 aromatic heterocycles. The minimum Gasteiger partial charge on any atom is -0.390 e. The molecule has 0 bridgehead atoms. The Kier molecular flexibility index (Phi) is 3.85. The number of hydrogen-bond acceptors (Lipinski definition) is 2. The standard InChI is InChI=1S/C15H22O2/c1-10-6-11(2)8-13(7-10)9-14(16)15-12(3)4-5-17-15/h6-8,12,14-16H,4-5,9H2,1-3H3. The summed E-state index contributed by atoms with van der Waals surface area (Å²) < 4.78 is 5.61. The lowest BCUT2D eigenvalue weighted by Crippen LogP contribution is -2.31. The zero-order valence-corrected chi connectivity index (χ0v) is 10.9. The van der Waals surface area contributed by atoms with E-state index in [1.165, 1.54) is 16.7 Å². The van der Waals surface area contributed by atoms with E-state index in [1.54, 1.807) is 0 Å². The second-order valence-corrected chi connectivity index (χ2v) is 5.37. The number of aliphatic hydroxyl groups excluding tert-OH is 1. The van der Waals surface area contributed by atoms with Gasteiger partial charge >= 0.3 is 0 Å². The molecule has 3 unspecified atom stereocenters. The number of ether oxygens (including phenoxy) is 1. The SMILES string of the molecule is Cc1cc(C)cc(CC(O)C2OCCC2C)c1. The normalized spacial score (nSPS) is 26.1. The quantitative estimate of drug-likeness (QED) is 0.871. The molecule has 0 saturated carbocycles. The summed E-state index contributed by atoms with van der Waals surface area (Å²) in [5.41, 5.74) is 3.72. The molecule has 2 nitrogen and oxygen atoms in total. The minimum absolute atomic E-state index is 0.0100. The maximum atomic E-state index is 10.2. The molecule has 1 fully saturated rings. The van der Waals surface area contributed by atoms with Crippen molar-refractivity contribution in [1.82, 2.24) is 0 Å². The van der Waals surface area contributed by atoms with Gasteiger partial charge in [0.25, 0.3) is 0 Å². The van der Waals surface area contributed by atoms with Gasteiger partial charge in [-0.05, 0) is 31.7 Å². The van der Waals surface area contributed by atoms with Crippen LogP contribution < -0.4 is 0 Å². The van der Waals surface area contributed by atoms with Crippen LogP contribution >= 0.6 is 0 Å². The fraction of sp³-hybridized carbons (Fsp3) is 0.600. The molecule has 2 heteroatoms. The molecule has 0 spiro atoms. The van der Waals surface area contributed by atoms with Gasteiger partial charge in [0.2, 0.25) is 0 Å². The lowest BCUT2D eigenvalue weighted by molar-refractivity contribution is -0.0157. The Morgan fingerprint density at radius 2 is 1.94 bits per heavy atom. The highest BCUT2D eigenvalue weighted by molar-refractivity contribution is 5.29. The van der Waals surface area contributed by atoms with E-state index in [1.807, 2.05) is 0 Å². The second-order valence-electron chi connectivity index (χ2n) is 5.37. The van der Waals surface area contributed by atoms with Crippen LogP contribution in [0.25, 0.3) is 0 Å². The molecule has 17 heavy (non-hydrogen) atoms. The first-order valence-electron chi connectivity index (χ1n) is 6.43. The maximum Gasteiger partial charge on any atom is 0.0863 e. The van der Waals surface area contributed by atoms with Gasteiger partial charge in [0.15, 0.2) is 0 Å². The van der Waals surface area contributed by atoms with Crippen LogP contribution in [0.5, 0.6) is 0 Å². The van der Waals surface area contributed by atoms with E-state index in [4.69, 9.17) is 4.74 Å². The monoisotopic (exact) mass is 234 g/mol. The van der Waals surface area contributed by atoms with Crippen LogP contribution in [0.1, 0.15) is 30.0 Å². The van der Waals surface area contributed by atoms with Gasteiger partial charge in [-0.3, -0.25) is 0 Å². The Labute approximate surface area is 104 Å². The molecule has 1 saturated heterocycles. The molecule has 1 aromatic rings. The minimum atomic E-state index is -0.381. The summed E-state index contributed by atoms with van der Waals surface area (Å²) in [5, 5.41) is 10.2. The number of aryl methyl sites for hydroxylation is 2. The maximum absolute atomic E-state index is 10.2. The van der Waals surface area contributed by atoms with Crippen LogP contribution in [0.2, 0.25) is 0 Å². The van der Waals surface area contributed by atoms with Crippen LogP contribution in [-0.2, 0) is 11.2 Å². The second kappa shape index (κ2) is 5.19. The van der Waals surface area contributed by atoms with Gasteiger partial charge < -0.3 is 9.84 Å². The predicted octanol–water partition coefficient (Wildman–Crippen LogP) is 2.63. The van der Waals surface area contributed by atoms with E-state index in [0.717, 1.165) is 13.0 Å². The molecule has 0 aliphatic carbocycles. The highest BCUT2D eigenvalue weighted by atomic mass is 16.5. The van der Waals surface area contributed by atoms with E-state index >= 15 is 0 Å². The van der Waals surface area contributed by atoms with Crippen molar-refractivity contribution in [3.8, 4) is 0 Å². The zero-order chi connectivity index (χ0) is 12.4.